The second kappa shape index (κ2) is 7.90. The number of alkyl halides is 2. The summed E-state index contributed by atoms with van der Waals surface area (Å²) in [5.41, 5.74) is 1.04. The molecule has 9 nitrogen and oxygen atoms in total. The van der Waals surface area contributed by atoms with Crippen LogP contribution in [0.25, 0.3) is 16.3 Å². The minimum atomic E-state index is -3.80. The quantitative estimate of drug-likeness (QED) is 0.505. The second-order valence-electron chi connectivity index (χ2n) is 9.65. The zero-order chi connectivity index (χ0) is 23.7. The van der Waals surface area contributed by atoms with E-state index in [-0.39, 0.29) is 9.90 Å². The molecule has 3 aromatic heterocycles. The Morgan fingerprint density at radius 3 is 2.76 bits per heavy atom. The Morgan fingerprint density at radius 1 is 1.29 bits per heavy atom. The third-order valence-electron chi connectivity index (χ3n) is 6.84. The summed E-state index contributed by atoms with van der Waals surface area (Å²) < 4.78 is 57.3. The van der Waals surface area contributed by atoms with Gasteiger partial charge >= 0.3 is 0 Å². The van der Waals surface area contributed by atoms with Crippen molar-refractivity contribution in [3.8, 4) is 10.8 Å². The van der Waals surface area contributed by atoms with Crippen LogP contribution in [0.4, 0.5) is 14.5 Å². The zero-order valence-electron chi connectivity index (χ0n) is 18.5. The molecular formula is C21H25F2N7O2S2. The minimum absolute atomic E-state index is 0.113. The van der Waals surface area contributed by atoms with E-state index < -0.39 is 27.0 Å². The number of fused-ring (bicyclic) bond motifs is 1. The molecule has 0 aromatic carbocycles. The Bertz CT molecular complexity index is 1350. The normalized spacial score (nSPS) is 22.6. The van der Waals surface area contributed by atoms with E-state index in [0.717, 1.165) is 49.5 Å². The summed E-state index contributed by atoms with van der Waals surface area (Å²) in [4.78, 5) is 6.75. The van der Waals surface area contributed by atoms with Crippen molar-refractivity contribution in [2.75, 3.05) is 24.5 Å². The molecule has 13 heteroatoms. The third kappa shape index (κ3) is 4.08. The van der Waals surface area contributed by atoms with E-state index in [9.17, 15) is 17.2 Å². The van der Waals surface area contributed by atoms with E-state index >= 15 is 0 Å². The molecule has 3 aliphatic rings. The zero-order valence-corrected chi connectivity index (χ0v) is 20.2. The molecule has 6 rings (SSSR count). The SMILES string of the molecule is CC1(NS(=O)(=O)c2cc(N3CCNC(C4CC4)C3)c3cnc(-c4nnc(C(F)F)s4)n3c2)CC1. The fourth-order valence-electron chi connectivity index (χ4n) is 4.51. The van der Waals surface area contributed by atoms with Crippen LogP contribution in [0.2, 0.25) is 0 Å². The number of anilines is 1. The monoisotopic (exact) mass is 509 g/mol. The molecule has 1 saturated heterocycles. The van der Waals surface area contributed by atoms with Gasteiger partial charge in [0.25, 0.3) is 6.43 Å². The van der Waals surface area contributed by atoms with Gasteiger partial charge in [0.2, 0.25) is 10.0 Å². The first-order chi connectivity index (χ1) is 16.2. The molecule has 182 valence electrons. The summed E-state index contributed by atoms with van der Waals surface area (Å²) in [6.07, 6.45) is 4.41. The Hall–Kier alpha value is -2.22. The number of pyridine rings is 1. The standard InChI is InChI=1S/C21H25F2N7O2S2/c1-21(4-5-21)28-34(31,32)13-8-15(29-7-6-24-14(11-29)12-2-3-12)16-9-25-18(30(16)10-13)20-27-26-19(33-20)17(22)23/h8-10,12,14,17,24,28H,2-7,11H2,1H3. The fraction of sp³-hybridized carbons (Fsp3) is 0.571. The maximum Gasteiger partial charge on any atom is 0.291 e. The smallest absolute Gasteiger partial charge is 0.291 e. The summed E-state index contributed by atoms with van der Waals surface area (Å²) in [6.45, 7) is 4.18. The van der Waals surface area contributed by atoms with Gasteiger partial charge < -0.3 is 10.2 Å². The Morgan fingerprint density at radius 2 is 2.09 bits per heavy atom. The number of hydrogen-bond donors (Lipinski definition) is 2. The van der Waals surface area contributed by atoms with Gasteiger partial charge in [0, 0.05) is 37.4 Å². The molecule has 1 atom stereocenters. The molecule has 34 heavy (non-hydrogen) atoms. The van der Waals surface area contributed by atoms with Crippen molar-refractivity contribution in [1.82, 2.24) is 29.6 Å². The summed E-state index contributed by atoms with van der Waals surface area (Å²) in [5.74, 6) is 0.945. The van der Waals surface area contributed by atoms with E-state index in [0.29, 0.717) is 23.3 Å². The number of rotatable bonds is 7. The van der Waals surface area contributed by atoms with Gasteiger partial charge in [-0.3, -0.25) is 4.40 Å². The van der Waals surface area contributed by atoms with Crippen LogP contribution in [-0.2, 0) is 10.0 Å². The molecule has 0 spiro atoms. The van der Waals surface area contributed by atoms with Gasteiger partial charge in [-0.05, 0) is 44.6 Å². The highest BCUT2D eigenvalue weighted by molar-refractivity contribution is 7.89. The molecule has 1 aliphatic heterocycles. The molecule has 2 saturated carbocycles. The van der Waals surface area contributed by atoms with E-state index in [1.165, 1.54) is 19.0 Å². The molecule has 0 amide bonds. The maximum atomic E-state index is 13.3. The lowest BCUT2D eigenvalue weighted by Crippen LogP contribution is -2.52. The molecular weight excluding hydrogens is 484 g/mol. The summed E-state index contributed by atoms with van der Waals surface area (Å²) in [5, 5.41) is 10.9. The lowest BCUT2D eigenvalue weighted by molar-refractivity contribution is 0.150. The van der Waals surface area contributed by atoms with Crippen LogP contribution in [0, 0.1) is 5.92 Å². The molecule has 2 N–H and O–H groups in total. The van der Waals surface area contributed by atoms with E-state index in [2.05, 4.69) is 30.1 Å². The number of halogens is 2. The number of imidazole rings is 1. The van der Waals surface area contributed by atoms with Crippen LogP contribution >= 0.6 is 11.3 Å². The van der Waals surface area contributed by atoms with Crippen LogP contribution in [0.1, 0.15) is 44.0 Å². The first kappa shape index (κ1) is 22.3. The number of hydrogen-bond acceptors (Lipinski definition) is 8. The minimum Gasteiger partial charge on any atom is -0.367 e. The van der Waals surface area contributed by atoms with Gasteiger partial charge in [-0.1, -0.05) is 11.3 Å². The fourth-order valence-corrected chi connectivity index (χ4v) is 6.68. The van der Waals surface area contributed by atoms with Crippen molar-refractivity contribution >= 4 is 32.6 Å². The maximum absolute atomic E-state index is 13.3. The van der Waals surface area contributed by atoms with Crippen molar-refractivity contribution in [3.05, 3.63) is 23.5 Å². The van der Waals surface area contributed by atoms with Gasteiger partial charge in [0.15, 0.2) is 15.8 Å². The molecule has 3 aromatic rings. The van der Waals surface area contributed by atoms with E-state index in [4.69, 9.17) is 0 Å². The highest BCUT2D eigenvalue weighted by Gasteiger charge is 2.42. The number of nitrogens with one attached hydrogen (secondary N) is 2. The lowest BCUT2D eigenvalue weighted by atomic mass is 10.1. The van der Waals surface area contributed by atoms with Crippen LogP contribution in [0.5, 0.6) is 0 Å². The van der Waals surface area contributed by atoms with Crippen molar-refractivity contribution in [2.24, 2.45) is 5.92 Å². The Labute approximate surface area is 199 Å². The molecule has 0 radical (unpaired) electrons. The number of aromatic nitrogens is 4. The predicted octanol–water partition coefficient (Wildman–Crippen LogP) is 2.81. The molecule has 1 unspecified atom stereocenters. The molecule has 4 heterocycles. The van der Waals surface area contributed by atoms with E-state index in [1.54, 1.807) is 16.7 Å². The van der Waals surface area contributed by atoms with Gasteiger partial charge in [-0.2, -0.15) is 0 Å². The molecule has 2 aliphatic carbocycles. The largest absolute Gasteiger partial charge is 0.367 e. The average Bonchev–Trinajstić information content (AvgIpc) is 3.67. The summed E-state index contributed by atoms with van der Waals surface area (Å²) in [6, 6.07) is 2.06. The first-order valence-electron chi connectivity index (χ1n) is 11.4. The molecule has 0 bridgehead atoms. The Balaban J connectivity index is 1.47. The number of piperazine rings is 1. The lowest BCUT2D eigenvalue weighted by Gasteiger charge is -2.36. The third-order valence-corrected chi connectivity index (χ3v) is 9.37. The predicted molar refractivity (Wildman–Crippen MR) is 124 cm³/mol. The highest BCUT2D eigenvalue weighted by atomic mass is 32.2. The van der Waals surface area contributed by atoms with Crippen molar-refractivity contribution in [3.63, 3.8) is 0 Å². The van der Waals surface area contributed by atoms with Gasteiger partial charge in [0.1, 0.15) is 4.90 Å². The van der Waals surface area contributed by atoms with Gasteiger partial charge in [-0.25, -0.2) is 26.9 Å². The molecule has 3 fully saturated rings. The topological polar surface area (TPSA) is 105 Å². The summed E-state index contributed by atoms with van der Waals surface area (Å²) in [7, 11) is -3.80. The second-order valence-corrected chi connectivity index (χ2v) is 12.3. The average molecular weight is 510 g/mol. The van der Waals surface area contributed by atoms with E-state index in [1.807, 2.05) is 6.92 Å². The number of nitrogens with zero attached hydrogens (tertiary/aromatic N) is 5. The van der Waals surface area contributed by atoms with Crippen LogP contribution in [0.3, 0.4) is 0 Å². The first-order valence-corrected chi connectivity index (χ1v) is 13.7. The van der Waals surface area contributed by atoms with Crippen molar-refractivity contribution < 1.29 is 17.2 Å². The van der Waals surface area contributed by atoms with Gasteiger partial charge in [0.05, 0.1) is 17.4 Å². The van der Waals surface area contributed by atoms with Crippen LogP contribution in [-0.4, -0.2) is 59.2 Å². The van der Waals surface area contributed by atoms with Crippen molar-refractivity contribution in [2.45, 2.75) is 55.5 Å². The highest BCUT2D eigenvalue weighted by Crippen LogP contribution is 2.39. The summed E-state index contributed by atoms with van der Waals surface area (Å²) >= 11 is 0.757. The van der Waals surface area contributed by atoms with Crippen molar-refractivity contribution in [1.29, 1.82) is 0 Å². The van der Waals surface area contributed by atoms with Crippen LogP contribution in [0.15, 0.2) is 23.4 Å². The van der Waals surface area contributed by atoms with Crippen LogP contribution < -0.4 is 14.9 Å². The number of sulfonamides is 1. The Kier molecular flexibility index (Phi) is 5.17. The van der Waals surface area contributed by atoms with Gasteiger partial charge in [-0.15, -0.1) is 10.2 Å².